The average molecular weight is 171 g/mol. The molecule has 1 N–H and O–H groups in total. The van der Waals surface area contributed by atoms with E-state index in [4.69, 9.17) is 0 Å². The van der Waals surface area contributed by atoms with Crippen LogP contribution in [-0.4, -0.2) is 10.1 Å². The molecule has 1 aromatic rings. The van der Waals surface area contributed by atoms with Crippen LogP contribution in [0.25, 0.3) is 0 Å². The Labute approximate surface area is 70.9 Å². The van der Waals surface area contributed by atoms with Gasteiger partial charge in [-0.15, -0.1) is 11.3 Å². The smallest absolute Gasteiger partial charge is 0.0900 e. The molecule has 0 saturated heterocycles. The second kappa shape index (κ2) is 3.83. The van der Waals surface area contributed by atoms with Crippen molar-refractivity contribution in [3.05, 3.63) is 16.6 Å². The molecule has 1 aromatic heterocycles. The van der Waals surface area contributed by atoms with Crippen LogP contribution in [0.2, 0.25) is 0 Å². The van der Waals surface area contributed by atoms with Gasteiger partial charge in [0.2, 0.25) is 0 Å². The van der Waals surface area contributed by atoms with Crippen molar-refractivity contribution in [1.82, 2.24) is 4.98 Å². The van der Waals surface area contributed by atoms with Crippen LogP contribution in [0, 0.1) is 5.92 Å². The van der Waals surface area contributed by atoms with Gasteiger partial charge >= 0.3 is 0 Å². The highest BCUT2D eigenvalue weighted by molar-refractivity contribution is 7.09. The summed E-state index contributed by atoms with van der Waals surface area (Å²) in [6.07, 6.45) is 2.24. The van der Waals surface area contributed by atoms with Crippen molar-refractivity contribution >= 4 is 11.3 Å². The van der Waals surface area contributed by atoms with Crippen molar-refractivity contribution in [3.63, 3.8) is 0 Å². The van der Waals surface area contributed by atoms with Crippen LogP contribution < -0.4 is 0 Å². The standard InChI is InChI=1S/C8H13NOS/c1-6(2)3-7(10)8-4-9-5-11-8/h4-7,10H,3H2,1-2H3. The lowest BCUT2D eigenvalue weighted by Crippen LogP contribution is -1.99. The lowest BCUT2D eigenvalue weighted by atomic mass is 10.1. The second-order valence-corrected chi connectivity index (χ2v) is 3.97. The first-order chi connectivity index (χ1) is 5.20. The summed E-state index contributed by atoms with van der Waals surface area (Å²) < 4.78 is 0. The van der Waals surface area contributed by atoms with Gasteiger partial charge < -0.3 is 5.11 Å². The molecular weight excluding hydrogens is 158 g/mol. The van der Waals surface area contributed by atoms with Gasteiger partial charge in [-0.25, -0.2) is 0 Å². The number of nitrogens with zero attached hydrogens (tertiary/aromatic N) is 1. The van der Waals surface area contributed by atoms with Crippen molar-refractivity contribution in [1.29, 1.82) is 0 Å². The fraction of sp³-hybridized carbons (Fsp3) is 0.625. The summed E-state index contributed by atoms with van der Waals surface area (Å²) >= 11 is 1.51. The molecule has 0 aliphatic heterocycles. The fourth-order valence-electron chi connectivity index (χ4n) is 0.953. The summed E-state index contributed by atoms with van der Waals surface area (Å²) in [4.78, 5) is 4.88. The molecule has 0 aliphatic carbocycles. The highest BCUT2D eigenvalue weighted by atomic mass is 32.1. The average Bonchev–Trinajstić information content (AvgIpc) is 2.35. The molecule has 62 valence electrons. The topological polar surface area (TPSA) is 33.1 Å². The van der Waals surface area contributed by atoms with Gasteiger partial charge in [-0.3, -0.25) is 4.98 Å². The molecule has 1 atom stereocenters. The Bertz CT molecular complexity index is 196. The molecule has 1 heterocycles. The minimum atomic E-state index is -0.317. The van der Waals surface area contributed by atoms with Gasteiger partial charge in [-0.2, -0.15) is 0 Å². The fourth-order valence-corrected chi connectivity index (χ4v) is 1.57. The maximum absolute atomic E-state index is 9.55. The van der Waals surface area contributed by atoms with E-state index in [0.717, 1.165) is 11.3 Å². The molecule has 1 unspecified atom stereocenters. The molecular formula is C8H13NOS. The summed E-state index contributed by atoms with van der Waals surface area (Å²) in [5.74, 6) is 0.534. The van der Waals surface area contributed by atoms with Crippen LogP contribution in [-0.2, 0) is 0 Å². The van der Waals surface area contributed by atoms with Crippen LogP contribution in [0.1, 0.15) is 31.2 Å². The van der Waals surface area contributed by atoms with Gasteiger partial charge in [-0.05, 0) is 12.3 Å². The Balaban J connectivity index is 2.49. The summed E-state index contributed by atoms with van der Waals surface area (Å²) in [6.45, 7) is 4.20. The van der Waals surface area contributed by atoms with E-state index in [0.29, 0.717) is 5.92 Å². The van der Waals surface area contributed by atoms with Crippen LogP contribution in [0.5, 0.6) is 0 Å². The zero-order valence-corrected chi connectivity index (χ0v) is 7.64. The molecule has 0 saturated carbocycles. The second-order valence-electron chi connectivity index (χ2n) is 3.05. The highest BCUT2D eigenvalue weighted by Gasteiger charge is 2.10. The number of aromatic nitrogens is 1. The van der Waals surface area contributed by atoms with Gasteiger partial charge in [0.25, 0.3) is 0 Å². The first-order valence-corrected chi connectivity index (χ1v) is 4.64. The van der Waals surface area contributed by atoms with Crippen LogP contribution >= 0.6 is 11.3 Å². The van der Waals surface area contributed by atoms with E-state index in [1.54, 1.807) is 11.7 Å². The summed E-state index contributed by atoms with van der Waals surface area (Å²) in [6, 6.07) is 0. The molecule has 1 rings (SSSR count). The Morgan fingerprint density at radius 1 is 1.64 bits per heavy atom. The Morgan fingerprint density at radius 2 is 2.36 bits per heavy atom. The maximum atomic E-state index is 9.55. The molecule has 0 aliphatic rings. The van der Waals surface area contributed by atoms with E-state index in [-0.39, 0.29) is 6.10 Å². The number of rotatable bonds is 3. The van der Waals surface area contributed by atoms with Crippen molar-refractivity contribution in [2.45, 2.75) is 26.4 Å². The van der Waals surface area contributed by atoms with Crippen molar-refractivity contribution in [2.24, 2.45) is 5.92 Å². The van der Waals surface area contributed by atoms with E-state index in [9.17, 15) is 5.11 Å². The minimum Gasteiger partial charge on any atom is -0.388 e. The van der Waals surface area contributed by atoms with E-state index in [2.05, 4.69) is 18.8 Å². The third-order valence-corrected chi connectivity index (χ3v) is 2.35. The van der Waals surface area contributed by atoms with E-state index < -0.39 is 0 Å². The van der Waals surface area contributed by atoms with Gasteiger partial charge in [0.05, 0.1) is 16.5 Å². The lowest BCUT2D eigenvalue weighted by molar-refractivity contribution is 0.154. The van der Waals surface area contributed by atoms with E-state index >= 15 is 0 Å². The monoisotopic (exact) mass is 171 g/mol. The van der Waals surface area contributed by atoms with Crippen LogP contribution in [0.4, 0.5) is 0 Å². The van der Waals surface area contributed by atoms with Crippen molar-refractivity contribution in [3.8, 4) is 0 Å². The third kappa shape index (κ3) is 2.60. The quantitative estimate of drug-likeness (QED) is 0.756. The number of hydrogen-bond donors (Lipinski definition) is 1. The summed E-state index contributed by atoms with van der Waals surface area (Å²) in [5.41, 5.74) is 1.75. The molecule has 3 heteroatoms. The Hall–Kier alpha value is -0.410. The zero-order chi connectivity index (χ0) is 8.27. The largest absolute Gasteiger partial charge is 0.388 e. The maximum Gasteiger partial charge on any atom is 0.0900 e. The van der Waals surface area contributed by atoms with Gasteiger partial charge in [-0.1, -0.05) is 13.8 Å². The SMILES string of the molecule is CC(C)CC(O)c1cncs1. The molecule has 0 radical (unpaired) electrons. The van der Waals surface area contributed by atoms with Crippen LogP contribution in [0.15, 0.2) is 11.7 Å². The third-order valence-electron chi connectivity index (χ3n) is 1.47. The number of hydrogen-bond acceptors (Lipinski definition) is 3. The molecule has 0 fully saturated rings. The molecule has 0 spiro atoms. The summed E-state index contributed by atoms with van der Waals surface area (Å²) in [5, 5.41) is 9.55. The van der Waals surface area contributed by atoms with Crippen LogP contribution in [0.3, 0.4) is 0 Å². The number of aliphatic hydroxyl groups is 1. The Kier molecular flexibility index (Phi) is 3.02. The van der Waals surface area contributed by atoms with Gasteiger partial charge in [0.1, 0.15) is 0 Å². The zero-order valence-electron chi connectivity index (χ0n) is 6.82. The predicted octanol–water partition coefficient (Wildman–Crippen LogP) is 2.22. The molecule has 11 heavy (non-hydrogen) atoms. The van der Waals surface area contributed by atoms with E-state index in [1.807, 2.05) is 0 Å². The van der Waals surface area contributed by atoms with E-state index in [1.165, 1.54) is 11.3 Å². The number of thiazole rings is 1. The number of aliphatic hydroxyl groups excluding tert-OH is 1. The highest BCUT2D eigenvalue weighted by Crippen LogP contribution is 2.23. The summed E-state index contributed by atoms with van der Waals surface area (Å²) in [7, 11) is 0. The normalized spacial score (nSPS) is 13.8. The first kappa shape index (κ1) is 8.68. The van der Waals surface area contributed by atoms with Gasteiger partial charge in [0, 0.05) is 6.20 Å². The lowest BCUT2D eigenvalue weighted by Gasteiger charge is -2.09. The van der Waals surface area contributed by atoms with Gasteiger partial charge in [0.15, 0.2) is 0 Å². The molecule has 0 aromatic carbocycles. The van der Waals surface area contributed by atoms with Crippen molar-refractivity contribution < 1.29 is 5.11 Å². The Morgan fingerprint density at radius 3 is 2.82 bits per heavy atom. The van der Waals surface area contributed by atoms with Crippen molar-refractivity contribution in [2.75, 3.05) is 0 Å². The predicted molar refractivity (Wildman–Crippen MR) is 46.5 cm³/mol. The first-order valence-electron chi connectivity index (χ1n) is 3.76. The molecule has 0 amide bonds. The molecule has 2 nitrogen and oxygen atoms in total. The molecule has 0 bridgehead atoms. The minimum absolute atomic E-state index is 0.317.